The normalized spacial score (nSPS) is 16.6. The number of hydrogen-bond acceptors (Lipinski definition) is 4. The summed E-state index contributed by atoms with van der Waals surface area (Å²) in [6, 6.07) is 17.4. The summed E-state index contributed by atoms with van der Waals surface area (Å²) < 4.78 is 32.4. The van der Waals surface area contributed by atoms with Crippen molar-refractivity contribution in [3.05, 3.63) is 71.1 Å². The summed E-state index contributed by atoms with van der Waals surface area (Å²) in [5.74, 6) is 0.907. The molecule has 1 heterocycles. The van der Waals surface area contributed by atoms with E-state index in [4.69, 9.17) is 4.74 Å². The third-order valence-electron chi connectivity index (χ3n) is 4.68. The second-order valence-electron chi connectivity index (χ2n) is 6.61. The molecule has 2 aromatic rings. The van der Waals surface area contributed by atoms with E-state index in [2.05, 4.69) is 4.90 Å². The van der Waals surface area contributed by atoms with Gasteiger partial charge in [0.25, 0.3) is 0 Å². The van der Waals surface area contributed by atoms with Crippen LogP contribution in [0.15, 0.2) is 60.0 Å². The third kappa shape index (κ3) is 5.66. The van der Waals surface area contributed by atoms with Gasteiger partial charge in [-0.25, -0.2) is 8.42 Å². The molecule has 0 radical (unpaired) electrons. The first-order valence-corrected chi connectivity index (χ1v) is 10.7. The van der Waals surface area contributed by atoms with Gasteiger partial charge in [0.1, 0.15) is 12.4 Å². The zero-order valence-electron chi connectivity index (χ0n) is 15.6. The van der Waals surface area contributed by atoms with Crippen LogP contribution in [0.5, 0.6) is 5.75 Å². The van der Waals surface area contributed by atoms with Gasteiger partial charge in [0.15, 0.2) is 0 Å². The maximum atomic E-state index is 12.5. The SMILES string of the molecule is Cc1ccccc1OCCN1CCN(S(=O)(=O)/C=C/c2ccccc2)CC1. The van der Waals surface area contributed by atoms with Gasteiger partial charge in [0, 0.05) is 38.1 Å². The standard InChI is InChI=1S/C21H26N2O3S/c1-19-7-5-6-10-21(19)26-17-16-22-12-14-23(15-13-22)27(24,25)18-11-20-8-3-2-4-9-20/h2-11,18H,12-17H2,1H3/b18-11+. The fourth-order valence-corrected chi connectivity index (χ4v) is 4.20. The smallest absolute Gasteiger partial charge is 0.236 e. The van der Waals surface area contributed by atoms with Crippen molar-refractivity contribution < 1.29 is 13.2 Å². The average Bonchev–Trinajstić information content (AvgIpc) is 2.69. The molecule has 1 aliphatic heterocycles. The molecule has 0 saturated carbocycles. The monoisotopic (exact) mass is 386 g/mol. The molecule has 6 heteroatoms. The first-order valence-electron chi connectivity index (χ1n) is 9.19. The Morgan fingerprint density at radius 2 is 1.63 bits per heavy atom. The second-order valence-corrected chi connectivity index (χ2v) is 8.43. The number of ether oxygens (including phenoxy) is 1. The Balaban J connectivity index is 1.45. The molecule has 0 aromatic heterocycles. The van der Waals surface area contributed by atoms with Crippen LogP contribution >= 0.6 is 0 Å². The molecule has 27 heavy (non-hydrogen) atoms. The molecule has 0 bridgehead atoms. The molecular weight excluding hydrogens is 360 g/mol. The average molecular weight is 387 g/mol. The molecule has 0 unspecified atom stereocenters. The molecule has 3 rings (SSSR count). The van der Waals surface area contributed by atoms with E-state index >= 15 is 0 Å². The zero-order valence-corrected chi connectivity index (χ0v) is 16.4. The van der Waals surface area contributed by atoms with Gasteiger partial charge in [0.05, 0.1) is 0 Å². The molecule has 0 atom stereocenters. The largest absolute Gasteiger partial charge is 0.492 e. The van der Waals surface area contributed by atoms with E-state index < -0.39 is 10.0 Å². The molecular formula is C21H26N2O3S. The summed E-state index contributed by atoms with van der Waals surface area (Å²) in [5, 5.41) is 1.30. The maximum Gasteiger partial charge on any atom is 0.236 e. The maximum absolute atomic E-state index is 12.5. The minimum absolute atomic E-state index is 0.506. The van der Waals surface area contributed by atoms with Crippen LogP contribution in [0.25, 0.3) is 6.08 Å². The van der Waals surface area contributed by atoms with Gasteiger partial charge in [-0.05, 0) is 30.2 Å². The van der Waals surface area contributed by atoms with Gasteiger partial charge < -0.3 is 4.74 Å². The summed E-state index contributed by atoms with van der Waals surface area (Å²) in [6.45, 7) is 5.87. The fourth-order valence-electron chi connectivity index (χ4n) is 3.03. The van der Waals surface area contributed by atoms with Gasteiger partial charge in [0.2, 0.25) is 10.0 Å². The molecule has 5 nitrogen and oxygen atoms in total. The Morgan fingerprint density at radius 1 is 0.963 bits per heavy atom. The summed E-state index contributed by atoms with van der Waals surface area (Å²) in [6.07, 6.45) is 1.65. The molecule has 1 aliphatic rings. The van der Waals surface area contributed by atoms with Crippen LogP contribution in [0.1, 0.15) is 11.1 Å². The highest BCUT2D eigenvalue weighted by molar-refractivity contribution is 7.92. The van der Waals surface area contributed by atoms with Crippen molar-refractivity contribution in [2.24, 2.45) is 0 Å². The number of sulfonamides is 1. The van der Waals surface area contributed by atoms with Crippen molar-refractivity contribution in [1.29, 1.82) is 0 Å². The summed E-state index contributed by atoms with van der Waals surface area (Å²) in [4.78, 5) is 2.24. The fraction of sp³-hybridized carbons (Fsp3) is 0.333. The molecule has 0 aliphatic carbocycles. The topological polar surface area (TPSA) is 49.9 Å². The predicted octanol–water partition coefficient (Wildman–Crippen LogP) is 2.99. The lowest BCUT2D eigenvalue weighted by Gasteiger charge is -2.33. The van der Waals surface area contributed by atoms with E-state index in [0.29, 0.717) is 19.7 Å². The number of para-hydroxylation sites is 1. The zero-order chi connectivity index (χ0) is 19.1. The number of aryl methyl sites for hydroxylation is 1. The van der Waals surface area contributed by atoms with Crippen molar-refractivity contribution in [2.45, 2.75) is 6.92 Å². The summed E-state index contributed by atoms with van der Waals surface area (Å²) >= 11 is 0. The van der Waals surface area contributed by atoms with Crippen LogP contribution in [-0.4, -0.2) is 57.0 Å². The highest BCUT2D eigenvalue weighted by atomic mass is 32.2. The first kappa shape index (κ1) is 19.6. The Bertz CT molecular complexity index is 858. The Hall–Kier alpha value is -2.15. The van der Waals surface area contributed by atoms with E-state index in [-0.39, 0.29) is 0 Å². The number of benzene rings is 2. The third-order valence-corrected chi connectivity index (χ3v) is 6.25. The lowest BCUT2D eigenvalue weighted by molar-refractivity contribution is 0.159. The van der Waals surface area contributed by atoms with Crippen molar-refractivity contribution in [2.75, 3.05) is 39.3 Å². The van der Waals surface area contributed by atoms with E-state index in [1.54, 1.807) is 10.4 Å². The first-order chi connectivity index (χ1) is 13.0. The van der Waals surface area contributed by atoms with E-state index in [1.165, 1.54) is 5.41 Å². The van der Waals surface area contributed by atoms with Crippen LogP contribution in [0, 0.1) is 6.92 Å². The Kier molecular flexibility index (Phi) is 6.66. The van der Waals surface area contributed by atoms with Gasteiger partial charge in [-0.1, -0.05) is 48.5 Å². The van der Waals surface area contributed by atoms with E-state index in [0.717, 1.165) is 36.5 Å². The van der Waals surface area contributed by atoms with Crippen molar-refractivity contribution in [3.63, 3.8) is 0 Å². The van der Waals surface area contributed by atoms with Crippen LogP contribution in [0.4, 0.5) is 0 Å². The van der Waals surface area contributed by atoms with Crippen molar-refractivity contribution in [1.82, 2.24) is 9.21 Å². The lowest BCUT2D eigenvalue weighted by Crippen LogP contribution is -2.48. The number of piperazine rings is 1. The van der Waals surface area contributed by atoms with E-state index in [9.17, 15) is 8.42 Å². The molecule has 1 fully saturated rings. The van der Waals surface area contributed by atoms with Gasteiger partial charge >= 0.3 is 0 Å². The quantitative estimate of drug-likeness (QED) is 0.734. The molecule has 2 aromatic carbocycles. The lowest BCUT2D eigenvalue weighted by atomic mass is 10.2. The highest BCUT2D eigenvalue weighted by Gasteiger charge is 2.24. The van der Waals surface area contributed by atoms with Gasteiger partial charge in [-0.3, -0.25) is 4.90 Å². The van der Waals surface area contributed by atoms with Crippen LogP contribution in [0.2, 0.25) is 0 Å². The number of rotatable bonds is 7. The number of hydrogen-bond donors (Lipinski definition) is 0. The van der Waals surface area contributed by atoms with Gasteiger partial charge in [-0.2, -0.15) is 4.31 Å². The molecule has 0 amide bonds. The molecule has 1 saturated heterocycles. The molecule has 0 spiro atoms. The summed E-state index contributed by atoms with van der Waals surface area (Å²) in [7, 11) is -3.38. The Labute approximate surface area is 161 Å². The molecule has 144 valence electrons. The van der Waals surface area contributed by atoms with Gasteiger partial charge in [-0.15, -0.1) is 0 Å². The highest BCUT2D eigenvalue weighted by Crippen LogP contribution is 2.16. The van der Waals surface area contributed by atoms with Crippen LogP contribution < -0.4 is 4.74 Å². The second kappa shape index (κ2) is 9.17. The predicted molar refractivity (Wildman–Crippen MR) is 109 cm³/mol. The van der Waals surface area contributed by atoms with Crippen molar-refractivity contribution in [3.8, 4) is 5.75 Å². The van der Waals surface area contributed by atoms with Crippen LogP contribution in [0.3, 0.4) is 0 Å². The van der Waals surface area contributed by atoms with Crippen molar-refractivity contribution >= 4 is 16.1 Å². The Morgan fingerprint density at radius 3 is 2.33 bits per heavy atom. The minimum Gasteiger partial charge on any atom is -0.492 e. The van der Waals surface area contributed by atoms with Crippen LogP contribution in [-0.2, 0) is 10.0 Å². The van der Waals surface area contributed by atoms with E-state index in [1.807, 2.05) is 61.5 Å². The minimum atomic E-state index is -3.38. The number of nitrogens with zero attached hydrogens (tertiary/aromatic N) is 2. The summed E-state index contributed by atoms with van der Waals surface area (Å²) in [5.41, 5.74) is 2.01. The molecule has 0 N–H and O–H groups in total.